The molecule has 1 aromatic rings. The van der Waals surface area contributed by atoms with E-state index in [9.17, 15) is 0 Å². The lowest BCUT2D eigenvalue weighted by Gasteiger charge is -2.44. The molecule has 0 saturated heterocycles. The molecule has 2 atom stereocenters. The van der Waals surface area contributed by atoms with E-state index in [4.69, 9.17) is 5.73 Å². The summed E-state index contributed by atoms with van der Waals surface area (Å²) in [6.45, 7) is 11.0. The Balaban J connectivity index is 2.95. The zero-order valence-electron chi connectivity index (χ0n) is 10.9. The number of nitrogens with two attached hydrogens (primary N) is 1. The molecule has 0 aromatic carbocycles. The third-order valence-corrected chi connectivity index (χ3v) is 4.48. The second-order valence-electron chi connectivity index (χ2n) is 4.42. The van der Waals surface area contributed by atoms with E-state index in [-0.39, 0.29) is 11.6 Å². The molecule has 2 N–H and O–H groups in total. The molecule has 2 nitrogen and oxygen atoms in total. The highest BCUT2D eigenvalue weighted by atomic mass is 32.1. The molecule has 0 bridgehead atoms. The molecule has 1 heterocycles. The van der Waals surface area contributed by atoms with Crippen LogP contribution >= 0.6 is 11.3 Å². The van der Waals surface area contributed by atoms with Crippen molar-refractivity contribution in [1.29, 1.82) is 0 Å². The molecule has 1 rings (SSSR count). The Morgan fingerprint density at radius 3 is 2.38 bits per heavy atom. The molecule has 3 heteroatoms. The van der Waals surface area contributed by atoms with E-state index in [1.165, 1.54) is 5.56 Å². The van der Waals surface area contributed by atoms with Crippen LogP contribution in [0.3, 0.4) is 0 Å². The normalized spacial score (nSPS) is 17.4. The van der Waals surface area contributed by atoms with Crippen molar-refractivity contribution in [3.63, 3.8) is 0 Å². The van der Waals surface area contributed by atoms with Crippen LogP contribution in [0.15, 0.2) is 16.8 Å². The summed E-state index contributed by atoms with van der Waals surface area (Å²) in [6.07, 6.45) is 1.08. The van der Waals surface area contributed by atoms with Gasteiger partial charge in [0, 0.05) is 11.6 Å². The summed E-state index contributed by atoms with van der Waals surface area (Å²) in [6, 6.07) is 2.25. The lowest BCUT2D eigenvalue weighted by Crippen LogP contribution is -2.52. The number of nitrogens with zero attached hydrogens (tertiary/aromatic N) is 1. The minimum Gasteiger partial charge on any atom is -0.322 e. The van der Waals surface area contributed by atoms with E-state index in [2.05, 4.69) is 49.4 Å². The van der Waals surface area contributed by atoms with E-state index in [1.807, 2.05) is 0 Å². The van der Waals surface area contributed by atoms with Gasteiger partial charge >= 0.3 is 0 Å². The van der Waals surface area contributed by atoms with Gasteiger partial charge < -0.3 is 5.73 Å². The summed E-state index contributed by atoms with van der Waals surface area (Å²) >= 11 is 1.72. The SMILES string of the molecule is CCN(CC)C(C)(CC)C(N)c1ccsc1. The first-order chi connectivity index (χ1) is 7.60. The van der Waals surface area contributed by atoms with Gasteiger partial charge in [-0.3, -0.25) is 4.90 Å². The Hall–Kier alpha value is -0.380. The predicted octanol–water partition coefficient (Wildman–Crippen LogP) is 3.26. The van der Waals surface area contributed by atoms with Crippen LogP contribution in [0.4, 0.5) is 0 Å². The number of thiophene rings is 1. The maximum absolute atomic E-state index is 6.45. The molecule has 0 amide bonds. The highest BCUT2D eigenvalue weighted by Gasteiger charge is 2.35. The number of likely N-dealkylation sites (N-methyl/N-ethyl adjacent to an activating group) is 1. The summed E-state index contributed by atoms with van der Waals surface area (Å²) in [4.78, 5) is 2.47. The fourth-order valence-electron chi connectivity index (χ4n) is 2.40. The minimum atomic E-state index is 0.0601. The fourth-order valence-corrected chi connectivity index (χ4v) is 3.09. The highest BCUT2D eigenvalue weighted by Crippen LogP contribution is 2.33. The first-order valence-corrected chi connectivity index (χ1v) is 7.07. The van der Waals surface area contributed by atoms with E-state index < -0.39 is 0 Å². The molecular formula is C13H24N2S. The standard InChI is InChI=1S/C13H24N2S/c1-5-13(4,15(6-2)7-3)12(14)11-8-9-16-10-11/h8-10,12H,5-7,14H2,1-4H3. The van der Waals surface area contributed by atoms with Gasteiger partial charge in [0.1, 0.15) is 0 Å². The van der Waals surface area contributed by atoms with Gasteiger partial charge in [-0.15, -0.1) is 0 Å². The molecule has 92 valence electrons. The van der Waals surface area contributed by atoms with Crippen molar-refractivity contribution in [1.82, 2.24) is 4.90 Å². The van der Waals surface area contributed by atoms with E-state index in [0.717, 1.165) is 19.5 Å². The molecule has 0 aliphatic heterocycles. The van der Waals surface area contributed by atoms with Gasteiger partial charge in [-0.1, -0.05) is 20.8 Å². The van der Waals surface area contributed by atoms with E-state index in [0.29, 0.717) is 0 Å². The van der Waals surface area contributed by atoms with Crippen LogP contribution in [-0.2, 0) is 0 Å². The lowest BCUT2D eigenvalue weighted by atomic mass is 9.84. The number of hydrogen-bond donors (Lipinski definition) is 1. The second kappa shape index (κ2) is 5.80. The van der Waals surface area contributed by atoms with Gasteiger partial charge in [-0.25, -0.2) is 0 Å². The maximum Gasteiger partial charge on any atom is 0.0487 e. The van der Waals surface area contributed by atoms with Crippen molar-refractivity contribution in [2.45, 2.75) is 45.7 Å². The predicted molar refractivity (Wildman–Crippen MR) is 72.9 cm³/mol. The van der Waals surface area contributed by atoms with Crippen molar-refractivity contribution >= 4 is 11.3 Å². The van der Waals surface area contributed by atoms with Gasteiger partial charge in [-0.2, -0.15) is 11.3 Å². The van der Waals surface area contributed by atoms with Gasteiger partial charge in [0.2, 0.25) is 0 Å². The average Bonchev–Trinajstić information content (AvgIpc) is 2.82. The Morgan fingerprint density at radius 1 is 1.38 bits per heavy atom. The topological polar surface area (TPSA) is 29.3 Å². The van der Waals surface area contributed by atoms with Crippen molar-refractivity contribution in [2.75, 3.05) is 13.1 Å². The monoisotopic (exact) mass is 240 g/mol. The summed E-state index contributed by atoms with van der Waals surface area (Å²) in [5.74, 6) is 0. The summed E-state index contributed by atoms with van der Waals surface area (Å²) in [5.41, 5.74) is 7.77. The Morgan fingerprint density at radius 2 is 2.00 bits per heavy atom. The number of rotatable bonds is 6. The first-order valence-electron chi connectivity index (χ1n) is 6.12. The van der Waals surface area contributed by atoms with Gasteiger partial charge in [0.25, 0.3) is 0 Å². The van der Waals surface area contributed by atoms with E-state index in [1.54, 1.807) is 11.3 Å². The summed E-state index contributed by atoms with van der Waals surface area (Å²) < 4.78 is 0. The third-order valence-electron chi connectivity index (χ3n) is 3.77. The lowest BCUT2D eigenvalue weighted by molar-refractivity contribution is 0.0846. The Labute approximate surface area is 103 Å². The third kappa shape index (κ3) is 2.47. The molecule has 0 radical (unpaired) electrons. The van der Waals surface area contributed by atoms with Crippen LogP contribution in [-0.4, -0.2) is 23.5 Å². The molecule has 0 spiro atoms. The van der Waals surface area contributed by atoms with E-state index >= 15 is 0 Å². The van der Waals surface area contributed by atoms with Crippen molar-refractivity contribution in [3.05, 3.63) is 22.4 Å². The summed E-state index contributed by atoms with van der Waals surface area (Å²) in [5, 5.41) is 4.27. The molecule has 0 aliphatic carbocycles. The summed E-state index contributed by atoms with van der Waals surface area (Å²) in [7, 11) is 0. The molecule has 16 heavy (non-hydrogen) atoms. The van der Waals surface area contributed by atoms with Crippen LogP contribution in [0.2, 0.25) is 0 Å². The minimum absolute atomic E-state index is 0.0601. The van der Waals surface area contributed by atoms with Crippen LogP contribution < -0.4 is 5.73 Å². The first kappa shape index (κ1) is 13.7. The average molecular weight is 240 g/mol. The van der Waals surface area contributed by atoms with Crippen molar-refractivity contribution < 1.29 is 0 Å². The second-order valence-corrected chi connectivity index (χ2v) is 5.20. The molecule has 0 aliphatic rings. The van der Waals surface area contributed by atoms with Crippen LogP contribution in [0.5, 0.6) is 0 Å². The molecule has 1 aromatic heterocycles. The number of hydrogen-bond acceptors (Lipinski definition) is 3. The fraction of sp³-hybridized carbons (Fsp3) is 0.692. The Kier molecular flexibility index (Phi) is 4.96. The Bertz CT molecular complexity index is 293. The smallest absolute Gasteiger partial charge is 0.0487 e. The molecule has 0 fully saturated rings. The largest absolute Gasteiger partial charge is 0.322 e. The zero-order chi connectivity index (χ0) is 12.2. The van der Waals surface area contributed by atoms with Gasteiger partial charge in [-0.05, 0) is 48.8 Å². The molecular weight excluding hydrogens is 216 g/mol. The highest BCUT2D eigenvalue weighted by molar-refractivity contribution is 7.07. The van der Waals surface area contributed by atoms with Crippen molar-refractivity contribution in [3.8, 4) is 0 Å². The van der Waals surface area contributed by atoms with Crippen molar-refractivity contribution in [2.24, 2.45) is 5.73 Å². The maximum atomic E-state index is 6.45. The van der Waals surface area contributed by atoms with Gasteiger partial charge in [0.15, 0.2) is 0 Å². The van der Waals surface area contributed by atoms with Gasteiger partial charge in [0.05, 0.1) is 0 Å². The quantitative estimate of drug-likeness (QED) is 0.827. The molecule has 0 saturated carbocycles. The van der Waals surface area contributed by atoms with Crippen LogP contribution in [0, 0.1) is 0 Å². The zero-order valence-corrected chi connectivity index (χ0v) is 11.7. The van der Waals surface area contributed by atoms with Crippen LogP contribution in [0.1, 0.15) is 45.7 Å². The molecule has 2 unspecified atom stereocenters. The van der Waals surface area contributed by atoms with Crippen LogP contribution in [0.25, 0.3) is 0 Å².